The van der Waals surface area contributed by atoms with Crippen molar-refractivity contribution >= 4 is 0 Å². The second kappa shape index (κ2) is 8.66. The summed E-state index contributed by atoms with van der Waals surface area (Å²) in [5.74, 6) is 3.13. The molecule has 4 heteroatoms. The third kappa shape index (κ3) is 3.72. The molecule has 4 rings (SSSR count). The predicted molar refractivity (Wildman–Crippen MR) is 128 cm³/mol. The maximum Gasteiger partial charge on any atom is 0.101 e. The van der Waals surface area contributed by atoms with Gasteiger partial charge in [-0.05, 0) is 109 Å². The minimum absolute atomic E-state index is 0.0469. The van der Waals surface area contributed by atoms with Gasteiger partial charge in [-0.2, -0.15) is 0 Å². The monoisotopic (exact) mass is 448 g/mol. The van der Waals surface area contributed by atoms with Crippen molar-refractivity contribution < 1.29 is 20.4 Å². The first kappa shape index (κ1) is 24.7. The number of aliphatic hydroxyl groups is 4. The van der Waals surface area contributed by atoms with E-state index in [2.05, 4.69) is 27.4 Å². The summed E-state index contributed by atoms with van der Waals surface area (Å²) in [6.07, 6.45) is 5.87. The van der Waals surface area contributed by atoms with E-state index in [1.807, 2.05) is 13.8 Å². The van der Waals surface area contributed by atoms with Crippen LogP contribution in [0.2, 0.25) is 0 Å². The quantitative estimate of drug-likeness (QED) is 0.465. The van der Waals surface area contributed by atoms with Crippen LogP contribution in [0.1, 0.15) is 86.0 Å². The Bertz CT molecular complexity index is 706. The normalized spacial score (nSPS) is 49.0. The summed E-state index contributed by atoms with van der Waals surface area (Å²) in [7, 11) is 0. The van der Waals surface area contributed by atoms with Crippen molar-refractivity contribution in [2.24, 2.45) is 52.3 Å². The lowest BCUT2D eigenvalue weighted by Gasteiger charge is -2.61. The van der Waals surface area contributed by atoms with E-state index >= 15 is 0 Å². The van der Waals surface area contributed by atoms with Crippen LogP contribution in [-0.4, -0.2) is 44.8 Å². The van der Waals surface area contributed by atoms with Gasteiger partial charge in [0.15, 0.2) is 0 Å². The van der Waals surface area contributed by atoms with E-state index in [0.717, 1.165) is 24.8 Å². The molecule has 0 aromatic carbocycles. The van der Waals surface area contributed by atoms with Gasteiger partial charge in [0, 0.05) is 0 Å². The van der Waals surface area contributed by atoms with Crippen LogP contribution in [0.3, 0.4) is 0 Å². The van der Waals surface area contributed by atoms with Crippen LogP contribution in [0, 0.1) is 52.3 Å². The first-order valence-electron chi connectivity index (χ1n) is 13.3. The molecular weight excluding hydrogens is 400 g/mol. The number of rotatable bonds is 5. The van der Waals surface area contributed by atoms with Crippen molar-refractivity contribution in [3.05, 3.63) is 12.2 Å². The average molecular weight is 449 g/mol. The summed E-state index contributed by atoms with van der Waals surface area (Å²) in [6.45, 7) is 15.1. The maximum atomic E-state index is 11.1. The molecule has 32 heavy (non-hydrogen) atoms. The van der Waals surface area contributed by atoms with Gasteiger partial charge in [-0.15, -0.1) is 0 Å². The lowest BCUT2D eigenvalue weighted by atomic mass is 9.44. The Kier molecular flexibility index (Phi) is 6.68. The van der Waals surface area contributed by atoms with E-state index in [0.29, 0.717) is 29.6 Å². The average Bonchev–Trinajstić information content (AvgIpc) is 3.09. The highest BCUT2D eigenvalue weighted by Gasteiger charge is 2.61. The molecule has 4 saturated carbocycles. The summed E-state index contributed by atoms with van der Waals surface area (Å²) in [6, 6.07) is 0. The molecule has 0 bridgehead atoms. The molecular formula is C28H48O4. The lowest BCUT2D eigenvalue weighted by Crippen LogP contribution is -2.57. The standard InChI is InChI=1S/C28H48O4/c1-15(2)16(3)25(31)26(32)17(4)20-9-10-21-19-8-7-18-13-23(29)24(30)14-28(18,6)22(19)11-12-27(20,21)5/h15,17-26,29-32H,3,7-14H2,1-2,4-6H3/t17-,18+,19+,20+,21-,22-,23-,24+,25+,26+,27-,28-/m0/s1. The van der Waals surface area contributed by atoms with E-state index < -0.39 is 24.4 Å². The van der Waals surface area contributed by atoms with E-state index in [9.17, 15) is 20.4 Å². The van der Waals surface area contributed by atoms with Gasteiger partial charge in [0.2, 0.25) is 0 Å². The lowest BCUT2D eigenvalue weighted by molar-refractivity contribution is -0.162. The Hall–Kier alpha value is -0.420. The summed E-state index contributed by atoms with van der Waals surface area (Å²) < 4.78 is 0. The maximum absolute atomic E-state index is 11.1. The van der Waals surface area contributed by atoms with Crippen molar-refractivity contribution in [1.82, 2.24) is 0 Å². The highest BCUT2D eigenvalue weighted by Crippen LogP contribution is 2.68. The number of hydrogen-bond acceptors (Lipinski definition) is 4. The van der Waals surface area contributed by atoms with Crippen LogP contribution in [0.4, 0.5) is 0 Å². The highest BCUT2D eigenvalue weighted by atomic mass is 16.3. The molecule has 0 spiro atoms. The molecule has 0 unspecified atom stereocenters. The zero-order chi connectivity index (χ0) is 23.6. The third-order valence-corrected chi connectivity index (χ3v) is 11.4. The van der Waals surface area contributed by atoms with Crippen LogP contribution in [-0.2, 0) is 0 Å². The molecule has 0 saturated heterocycles. The first-order chi connectivity index (χ1) is 14.9. The molecule has 12 atom stereocenters. The Morgan fingerprint density at radius 1 is 0.875 bits per heavy atom. The summed E-state index contributed by atoms with van der Waals surface area (Å²) in [5, 5.41) is 42.7. The zero-order valence-electron chi connectivity index (χ0n) is 21.0. The molecule has 184 valence electrons. The van der Waals surface area contributed by atoms with Gasteiger partial charge in [-0.3, -0.25) is 0 Å². The SMILES string of the molecule is C=C(C(C)C)[C@@H](O)[C@H](O)[C@@H](C)[C@H]1CC[C@H]2[C@H]3CC[C@@H]4C[C@H](O)[C@H](O)C[C@]4(C)[C@H]3CC[C@@]12C. The first-order valence-corrected chi connectivity index (χ1v) is 13.3. The van der Waals surface area contributed by atoms with E-state index in [-0.39, 0.29) is 22.7 Å². The fourth-order valence-electron chi connectivity index (χ4n) is 9.27. The molecule has 0 aliphatic heterocycles. The van der Waals surface area contributed by atoms with Crippen molar-refractivity contribution in [3.63, 3.8) is 0 Å². The van der Waals surface area contributed by atoms with E-state index in [1.54, 1.807) is 0 Å². The Labute approximate surface area is 195 Å². The van der Waals surface area contributed by atoms with Crippen LogP contribution >= 0.6 is 0 Å². The van der Waals surface area contributed by atoms with Gasteiger partial charge >= 0.3 is 0 Å². The number of aliphatic hydroxyl groups excluding tert-OH is 4. The van der Waals surface area contributed by atoms with Crippen LogP contribution in [0.25, 0.3) is 0 Å². The Morgan fingerprint density at radius 3 is 2.19 bits per heavy atom. The molecule has 0 aromatic rings. The molecule has 4 aliphatic rings. The second-order valence-corrected chi connectivity index (χ2v) is 13.0. The molecule has 0 amide bonds. The van der Waals surface area contributed by atoms with Crippen LogP contribution in [0.15, 0.2) is 12.2 Å². The summed E-state index contributed by atoms with van der Waals surface area (Å²) in [5.41, 5.74) is 1.07. The van der Waals surface area contributed by atoms with Gasteiger partial charge in [0.1, 0.15) is 6.10 Å². The van der Waals surface area contributed by atoms with Crippen molar-refractivity contribution in [1.29, 1.82) is 0 Å². The molecule has 4 nitrogen and oxygen atoms in total. The van der Waals surface area contributed by atoms with Gasteiger partial charge in [-0.25, -0.2) is 0 Å². The minimum Gasteiger partial charge on any atom is -0.390 e. The van der Waals surface area contributed by atoms with Gasteiger partial charge in [0.05, 0.1) is 18.3 Å². The molecule has 4 aliphatic carbocycles. The van der Waals surface area contributed by atoms with Crippen molar-refractivity contribution in [3.8, 4) is 0 Å². The molecule has 0 radical (unpaired) electrons. The molecule has 4 N–H and O–H groups in total. The largest absolute Gasteiger partial charge is 0.390 e. The molecule has 0 aromatic heterocycles. The zero-order valence-corrected chi connectivity index (χ0v) is 21.0. The fraction of sp³-hybridized carbons (Fsp3) is 0.929. The second-order valence-electron chi connectivity index (χ2n) is 13.0. The van der Waals surface area contributed by atoms with Crippen LogP contribution in [0.5, 0.6) is 0 Å². The smallest absolute Gasteiger partial charge is 0.101 e. The topological polar surface area (TPSA) is 80.9 Å². The Morgan fingerprint density at radius 2 is 1.53 bits per heavy atom. The third-order valence-electron chi connectivity index (χ3n) is 11.4. The summed E-state index contributed by atoms with van der Waals surface area (Å²) >= 11 is 0. The highest BCUT2D eigenvalue weighted by molar-refractivity contribution is 5.13. The predicted octanol–water partition coefficient (Wildman–Crippen LogP) is 4.55. The van der Waals surface area contributed by atoms with Crippen molar-refractivity contribution in [2.75, 3.05) is 0 Å². The molecule has 0 heterocycles. The van der Waals surface area contributed by atoms with Gasteiger partial charge in [-0.1, -0.05) is 41.2 Å². The molecule has 4 fully saturated rings. The van der Waals surface area contributed by atoms with Crippen molar-refractivity contribution in [2.45, 2.75) is 110 Å². The minimum atomic E-state index is -0.853. The van der Waals surface area contributed by atoms with E-state index in [4.69, 9.17) is 0 Å². The van der Waals surface area contributed by atoms with E-state index in [1.165, 1.54) is 32.1 Å². The summed E-state index contributed by atoms with van der Waals surface area (Å²) in [4.78, 5) is 0. The van der Waals surface area contributed by atoms with Gasteiger partial charge < -0.3 is 20.4 Å². The fourth-order valence-corrected chi connectivity index (χ4v) is 9.27. The Balaban J connectivity index is 1.52. The number of hydrogen-bond donors (Lipinski definition) is 4. The van der Waals surface area contributed by atoms with Crippen LogP contribution < -0.4 is 0 Å². The number of fused-ring (bicyclic) bond motifs is 5. The van der Waals surface area contributed by atoms with Gasteiger partial charge in [0.25, 0.3) is 0 Å².